The van der Waals surface area contributed by atoms with Gasteiger partial charge in [0.05, 0.1) is 11.6 Å². The van der Waals surface area contributed by atoms with E-state index in [1.165, 1.54) is 0 Å². The van der Waals surface area contributed by atoms with Crippen LogP contribution in [-0.2, 0) is 0 Å². The maximum Gasteiger partial charge on any atom is 0.153 e. The average Bonchev–Trinajstić information content (AvgIpc) is 2.38. The molecule has 10 heavy (non-hydrogen) atoms. The third-order valence-electron chi connectivity index (χ3n) is 1.58. The summed E-state index contributed by atoms with van der Waals surface area (Å²) in [4.78, 5) is 0. The van der Waals surface area contributed by atoms with Crippen molar-refractivity contribution in [3.63, 3.8) is 0 Å². The minimum absolute atomic E-state index is 0.251. The summed E-state index contributed by atoms with van der Waals surface area (Å²) < 4.78 is 5.19. The highest BCUT2D eigenvalue weighted by atomic mass is 28.3. The topological polar surface area (TPSA) is 33.4 Å². The van der Waals surface area contributed by atoms with Crippen LogP contribution in [0, 0.1) is 0 Å². The monoisotopic (exact) mass is 156 g/mol. The lowest BCUT2D eigenvalue weighted by Gasteiger charge is -2.14. The van der Waals surface area contributed by atoms with Crippen LogP contribution in [0.4, 0.5) is 0 Å². The summed E-state index contributed by atoms with van der Waals surface area (Å²) in [5.74, 6) is 0. The second-order valence-corrected chi connectivity index (χ2v) is 7.60. The van der Waals surface area contributed by atoms with Gasteiger partial charge in [-0.3, -0.25) is 0 Å². The Morgan fingerprint density at radius 2 is 2.30 bits per heavy atom. The molecule has 0 aliphatic carbocycles. The number of aliphatic hydroxyl groups is 1. The molecule has 0 unspecified atom stereocenters. The van der Waals surface area contributed by atoms with E-state index in [2.05, 4.69) is 13.1 Å². The smallest absolute Gasteiger partial charge is 0.153 e. The predicted octanol–water partition coefficient (Wildman–Crippen LogP) is 0.726. The summed E-state index contributed by atoms with van der Waals surface area (Å²) >= 11 is 0. The fourth-order valence-electron chi connectivity index (χ4n) is 0.742. The Morgan fingerprint density at radius 1 is 1.60 bits per heavy atom. The minimum atomic E-state index is -1.61. The standard InChI is InChI=1S/C7H12O2Si/c1-10(2,6-8)7-4-3-5-9-7/h3-5,8H,6H2,1-2H3. The first kappa shape index (κ1) is 7.56. The Morgan fingerprint density at radius 3 is 2.70 bits per heavy atom. The van der Waals surface area contributed by atoms with E-state index in [4.69, 9.17) is 9.52 Å². The quantitative estimate of drug-likeness (QED) is 0.640. The van der Waals surface area contributed by atoms with E-state index >= 15 is 0 Å². The lowest BCUT2D eigenvalue weighted by atomic mass is 10.7. The average molecular weight is 156 g/mol. The van der Waals surface area contributed by atoms with Crippen LogP contribution >= 0.6 is 0 Å². The van der Waals surface area contributed by atoms with Gasteiger partial charge in [0.15, 0.2) is 8.07 Å². The molecule has 0 bridgehead atoms. The van der Waals surface area contributed by atoms with Gasteiger partial charge in [-0.25, -0.2) is 0 Å². The number of aliphatic hydroxyl groups excluding tert-OH is 1. The van der Waals surface area contributed by atoms with Crippen LogP contribution in [0.15, 0.2) is 22.8 Å². The maximum absolute atomic E-state index is 8.97. The second-order valence-electron chi connectivity index (χ2n) is 3.02. The van der Waals surface area contributed by atoms with Crippen LogP contribution in [0.2, 0.25) is 13.1 Å². The van der Waals surface area contributed by atoms with Crippen molar-refractivity contribution in [1.82, 2.24) is 0 Å². The van der Waals surface area contributed by atoms with Crippen molar-refractivity contribution >= 4 is 13.5 Å². The fraction of sp³-hybridized carbons (Fsp3) is 0.429. The molecule has 0 aliphatic heterocycles. The predicted molar refractivity (Wildman–Crippen MR) is 42.9 cm³/mol. The zero-order valence-electron chi connectivity index (χ0n) is 6.29. The Hall–Kier alpha value is -0.543. The van der Waals surface area contributed by atoms with Gasteiger partial charge in [0.1, 0.15) is 0 Å². The highest BCUT2D eigenvalue weighted by Gasteiger charge is 2.25. The molecule has 1 aromatic rings. The molecule has 56 valence electrons. The normalized spacial score (nSPS) is 11.9. The van der Waals surface area contributed by atoms with E-state index in [1.807, 2.05) is 12.1 Å². The molecule has 1 N–H and O–H groups in total. The Balaban J connectivity index is 2.85. The molecule has 0 aliphatic rings. The summed E-state index contributed by atoms with van der Waals surface area (Å²) in [5.41, 5.74) is 0. The SMILES string of the molecule is C[Si](C)(CO)c1ccco1. The van der Waals surface area contributed by atoms with Crippen molar-refractivity contribution in [1.29, 1.82) is 0 Å². The van der Waals surface area contributed by atoms with E-state index in [9.17, 15) is 0 Å². The Bertz CT molecular complexity index is 191. The zero-order valence-corrected chi connectivity index (χ0v) is 7.29. The molecule has 0 fully saturated rings. The van der Waals surface area contributed by atoms with Gasteiger partial charge in [0.2, 0.25) is 0 Å². The van der Waals surface area contributed by atoms with Crippen LogP contribution in [0.1, 0.15) is 0 Å². The first-order chi connectivity index (χ1) is 4.67. The van der Waals surface area contributed by atoms with E-state index in [0.29, 0.717) is 0 Å². The third kappa shape index (κ3) is 1.30. The van der Waals surface area contributed by atoms with Gasteiger partial charge in [-0.15, -0.1) is 0 Å². The number of rotatable bonds is 2. The summed E-state index contributed by atoms with van der Waals surface area (Å²) in [6.45, 7) is 4.15. The van der Waals surface area contributed by atoms with Crippen molar-refractivity contribution in [2.24, 2.45) is 0 Å². The fourth-order valence-corrected chi connectivity index (χ4v) is 1.83. The van der Waals surface area contributed by atoms with E-state index in [1.54, 1.807) is 6.26 Å². The molecular weight excluding hydrogens is 144 g/mol. The van der Waals surface area contributed by atoms with Gasteiger partial charge in [0.25, 0.3) is 0 Å². The molecule has 1 heterocycles. The molecule has 1 aromatic heterocycles. The highest BCUT2D eigenvalue weighted by molar-refractivity contribution is 6.88. The van der Waals surface area contributed by atoms with E-state index in [0.717, 1.165) is 5.38 Å². The minimum Gasteiger partial charge on any atom is -0.474 e. The molecule has 0 spiro atoms. The van der Waals surface area contributed by atoms with Gasteiger partial charge >= 0.3 is 0 Å². The second kappa shape index (κ2) is 2.60. The van der Waals surface area contributed by atoms with Crippen LogP contribution < -0.4 is 5.38 Å². The largest absolute Gasteiger partial charge is 0.474 e. The van der Waals surface area contributed by atoms with E-state index < -0.39 is 8.07 Å². The summed E-state index contributed by atoms with van der Waals surface area (Å²) in [7, 11) is -1.61. The van der Waals surface area contributed by atoms with Crippen LogP contribution in [0.3, 0.4) is 0 Å². The zero-order chi connectivity index (χ0) is 7.61. The molecular formula is C7H12O2Si. The Kier molecular flexibility index (Phi) is 1.96. The summed E-state index contributed by atoms with van der Waals surface area (Å²) in [6, 6.07) is 3.79. The highest BCUT2D eigenvalue weighted by Crippen LogP contribution is 2.01. The first-order valence-electron chi connectivity index (χ1n) is 3.31. The van der Waals surface area contributed by atoms with Crippen LogP contribution in [0.25, 0.3) is 0 Å². The number of hydrogen-bond acceptors (Lipinski definition) is 2. The molecule has 3 heteroatoms. The molecule has 0 radical (unpaired) electrons. The number of hydrogen-bond donors (Lipinski definition) is 1. The Labute approximate surface area is 61.5 Å². The van der Waals surface area contributed by atoms with Gasteiger partial charge in [0, 0.05) is 6.23 Å². The molecule has 0 atom stereocenters. The lowest BCUT2D eigenvalue weighted by Crippen LogP contribution is -2.44. The first-order valence-corrected chi connectivity index (χ1v) is 6.52. The van der Waals surface area contributed by atoms with Gasteiger partial charge in [-0.2, -0.15) is 0 Å². The van der Waals surface area contributed by atoms with Gasteiger partial charge in [-0.1, -0.05) is 13.1 Å². The number of furan rings is 1. The molecule has 2 nitrogen and oxygen atoms in total. The molecule has 1 rings (SSSR count). The summed E-state index contributed by atoms with van der Waals surface area (Å²) in [6.07, 6.45) is 1.90. The van der Waals surface area contributed by atoms with E-state index in [-0.39, 0.29) is 6.23 Å². The molecule has 0 amide bonds. The van der Waals surface area contributed by atoms with Gasteiger partial charge < -0.3 is 9.52 Å². The third-order valence-corrected chi connectivity index (χ3v) is 3.99. The molecule has 0 saturated heterocycles. The molecule has 0 aromatic carbocycles. The maximum atomic E-state index is 8.97. The van der Waals surface area contributed by atoms with Crippen LogP contribution in [0.5, 0.6) is 0 Å². The van der Waals surface area contributed by atoms with Crippen molar-refractivity contribution < 1.29 is 9.52 Å². The van der Waals surface area contributed by atoms with Crippen molar-refractivity contribution in [3.05, 3.63) is 18.4 Å². The van der Waals surface area contributed by atoms with Crippen molar-refractivity contribution in [2.45, 2.75) is 13.1 Å². The lowest BCUT2D eigenvalue weighted by molar-refractivity contribution is 0.359. The van der Waals surface area contributed by atoms with Crippen LogP contribution in [-0.4, -0.2) is 19.4 Å². The van der Waals surface area contributed by atoms with Crippen molar-refractivity contribution in [3.8, 4) is 0 Å². The summed E-state index contributed by atoms with van der Waals surface area (Å²) in [5, 5.41) is 9.94. The molecule has 0 saturated carbocycles. The van der Waals surface area contributed by atoms with Crippen molar-refractivity contribution in [2.75, 3.05) is 6.23 Å². The van der Waals surface area contributed by atoms with Gasteiger partial charge in [-0.05, 0) is 12.1 Å².